The molecule has 0 aliphatic rings. The summed E-state index contributed by atoms with van der Waals surface area (Å²) in [5.41, 5.74) is 1.14. The van der Waals surface area contributed by atoms with Gasteiger partial charge in [-0.1, -0.05) is 12.1 Å². The highest BCUT2D eigenvalue weighted by Crippen LogP contribution is 2.32. The summed E-state index contributed by atoms with van der Waals surface area (Å²) in [5, 5.41) is 0. The molecule has 7 heteroatoms. The van der Waals surface area contributed by atoms with E-state index >= 15 is 0 Å². The molecule has 2 rings (SSSR count). The van der Waals surface area contributed by atoms with Crippen LogP contribution in [-0.2, 0) is 16.0 Å². The van der Waals surface area contributed by atoms with Crippen molar-refractivity contribution in [3.63, 3.8) is 0 Å². The molecule has 0 unspecified atom stereocenters. The van der Waals surface area contributed by atoms with Crippen molar-refractivity contribution in [3.05, 3.63) is 47.5 Å². The monoisotopic (exact) mass is 374 g/mol. The maximum absolute atomic E-state index is 12.2. The number of aryl methyl sites for hydroxylation is 1. The van der Waals surface area contributed by atoms with Gasteiger partial charge in [0.1, 0.15) is 0 Å². The van der Waals surface area contributed by atoms with Gasteiger partial charge < -0.3 is 23.7 Å². The van der Waals surface area contributed by atoms with Crippen molar-refractivity contribution in [1.82, 2.24) is 0 Å². The molecule has 0 aliphatic carbocycles. The molecule has 0 saturated heterocycles. The van der Waals surface area contributed by atoms with Gasteiger partial charge in [-0.15, -0.1) is 0 Å². The lowest BCUT2D eigenvalue weighted by Gasteiger charge is -2.13. The van der Waals surface area contributed by atoms with Crippen LogP contribution in [0.3, 0.4) is 0 Å². The van der Waals surface area contributed by atoms with Crippen molar-refractivity contribution < 1.29 is 33.3 Å². The molecule has 0 amide bonds. The summed E-state index contributed by atoms with van der Waals surface area (Å²) in [5.74, 6) is 0.745. The van der Waals surface area contributed by atoms with Gasteiger partial charge in [0.05, 0.1) is 40.4 Å². The minimum atomic E-state index is -0.503. The molecule has 0 radical (unpaired) electrons. The lowest BCUT2D eigenvalue weighted by Crippen LogP contribution is -2.11. The molecule has 0 aliphatic heterocycles. The molecule has 0 bridgehead atoms. The Morgan fingerprint density at radius 1 is 0.852 bits per heavy atom. The molecule has 2 aromatic rings. The second kappa shape index (κ2) is 9.47. The molecule has 27 heavy (non-hydrogen) atoms. The number of para-hydroxylation sites is 1. The molecule has 0 atom stereocenters. The van der Waals surface area contributed by atoms with E-state index in [0.29, 0.717) is 23.5 Å². The largest absolute Gasteiger partial charge is 0.493 e. The van der Waals surface area contributed by atoms with Gasteiger partial charge in [-0.25, -0.2) is 4.79 Å². The number of benzene rings is 2. The first-order valence-electron chi connectivity index (χ1n) is 8.21. The van der Waals surface area contributed by atoms with E-state index in [1.807, 2.05) is 12.1 Å². The fourth-order valence-electron chi connectivity index (χ4n) is 2.56. The van der Waals surface area contributed by atoms with Crippen molar-refractivity contribution in [2.75, 3.05) is 28.4 Å². The lowest BCUT2D eigenvalue weighted by molar-refractivity contribution is -0.134. The molecule has 0 spiro atoms. The van der Waals surface area contributed by atoms with Crippen molar-refractivity contribution in [2.24, 2.45) is 0 Å². The smallest absolute Gasteiger partial charge is 0.337 e. The number of carbonyl (C=O) groups is 2. The van der Waals surface area contributed by atoms with E-state index in [2.05, 4.69) is 4.74 Å². The van der Waals surface area contributed by atoms with Crippen LogP contribution in [0.15, 0.2) is 36.4 Å². The molecule has 0 saturated carbocycles. The van der Waals surface area contributed by atoms with E-state index in [1.165, 1.54) is 32.4 Å². The first-order valence-corrected chi connectivity index (χ1v) is 8.21. The predicted octanol–water partition coefficient (Wildman–Crippen LogP) is 3.04. The molecule has 0 fully saturated rings. The number of hydrogen-bond acceptors (Lipinski definition) is 7. The predicted molar refractivity (Wildman–Crippen MR) is 97.8 cm³/mol. The summed E-state index contributed by atoms with van der Waals surface area (Å²) in [7, 11) is 5.82. The number of esters is 2. The van der Waals surface area contributed by atoms with Gasteiger partial charge in [-0.2, -0.15) is 0 Å². The first kappa shape index (κ1) is 20.1. The molecule has 0 heterocycles. The third-order valence-corrected chi connectivity index (χ3v) is 3.89. The van der Waals surface area contributed by atoms with Crippen LogP contribution >= 0.6 is 0 Å². The highest BCUT2D eigenvalue weighted by molar-refractivity contribution is 5.90. The number of rotatable bonds is 8. The van der Waals surface area contributed by atoms with E-state index in [9.17, 15) is 9.59 Å². The van der Waals surface area contributed by atoms with Gasteiger partial charge in [0, 0.05) is 0 Å². The number of hydrogen-bond donors (Lipinski definition) is 0. The van der Waals surface area contributed by atoms with Crippen LogP contribution in [0.5, 0.6) is 23.0 Å². The molecule has 7 nitrogen and oxygen atoms in total. The maximum Gasteiger partial charge on any atom is 0.337 e. The summed E-state index contributed by atoms with van der Waals surface area (Å²) in [4.78, 5) is 23.8. The Kier molecular flexibility index (Phi) is 7.05. The van der Waals surface area contributed by atoms with E-state index in [1.54, 1.807) is 20.3 Å². The van der Waals surface area contributed by atoms with Crippen LogP contribution < -0.4 is 18.9 Å². The molecular formula is C20H22O7. The summed E-state index contributed by atoms with van der Waals surface area (Å²) in [6, 6.07) is 9.93. The summed E-state index contributed by atoms with van der Waals surface area (Å²) in [6.07, 6.45) is 0.549. The SMILES string of the molecule is COC(=O)c1ccc(OC(=O)CCc2cccc(OC)c2OC)c(OC)c1. The summed E-state index contributed by atoms with van der Waals surface area (Å²) < 4.78 is 25.8. The van der Waals surface area contributed by atoms with Crippen LogP contribution in [0.25, 0.3) is 0 Å². The zero-order chi connectivity index (χ0) is 19.8. The lowest BCUT2D eigenvalue weighted by atomic mass is 10.1. The minimum Gasteiger partial charge on any atom is -0.493 e. The van der Waals surface area contributed by atoms with E-state index in [0.717, 1.165) is 5.56 Å². The Balaban J connectivity index is 2.07. The zero-order valence-electron chi connectivity index (χ0n) is 15.7. The van der Waals surface area contributed by atoms with Crippen molar-refractivity contribution in [3.8, 4) is 23.0 Å². The Labute approximate surface area is 157 Å². The number of carbonyl (C=O) groups excluding carboxylic acids is 2. The normalized spacial score (nSPS) is 10.1. The number of methoxy groups -OCH3 is 4. The van der Waals surface area contributed by atoms with Gasteiger partial charge in [-0.3, -0.25) is 4.79 Å². The molecular weight excluding hydrogens is 352 g/mol. The second-order valence-corrected chi connectivity index (χ2v) is 5.48. The Morgan fingerprint density at radius 3 is 2.22 bits per heavy atom. The van der Waals surface area contributed by atoms with E-state index in [4.69, 9.17) is 18.9 Å². The fraction of sp³-hybridized carbons (Fsp3) is 0.300. The average Bonchev–Trinajstić information content (AvgIpc) is 2.71. The third kappa shape index (κ3) is 4.91. The Hall–Kier alpha value is -3.22. The van der Waals surface area contributed by atoms with Gasteiger partial charge in [0.25, 0.3) is 0 Å². The van der Waals surface area contributed by atoms with E-state index in [-0.39, 0.29) is 17.9 Å². The van der Waals surface area contributed by atoms with Crippen molar-refractivity contribution >= 4 is 11.9 Å². The zero-order valence-corrected chi connectivity index (χ0v) is 15.7. The first-order chi connectivity index (χ1) is 13.0. The highest BCUT2D eigenvalue weighted by atomic mass is 16.6. The molecule has 0 aromatic heterocycles. The van der Waals surface area contributed by atoms with E-state index < -0.39 is 11.9 Å². The van der Waals surface area contributed by atoms with Crippen LogP contribution in [0.1, 0.15) is 22.3 Å². The third-order valence-electron chi connectivity index (χ3n) is 3.89. The van der Waals surface area contributed by atoms with Gasteiger partial charge >= 0.3 is 11.9 Å². The molecule has 2 aromatic carbocycles. The standard InChI is InChI=1S/C20H22O7/c1-23-16-7-5-6-13(19(16)25-3)9-11-18(21)27-15-10-8-14(20(22)26-4)12-17(15)24-2/h5-8,10,12H,9,11H2,1-4H3. The maximum atomic E-state index is 12.2. The Morgan fingerprint density at radius 2 is 1.59 bits per heavy atom. The second-order valence-electron chi connectivity index (χ2n) is 5.48. The number of ether oxygens (including phenoxy) is 5. The van der Waals surface area contributed by atoms with Gasteiger partial charge in [0.15, 0.2) is 23.0 Å². The topological polar surface area (TPSA) is 80.3 Å². The summed E-state index contributed by atoms with van der Waals surface area (Å²) in [6.45, 7) is 0. The van der Waals surface area contributed by atoms with Crippen LogP contribution in [0.4, 0.5) is 0 Å². The average molecular weight is 374 g/mol. The molecule has 0 N–H and O–H groups in total. The minimum absolute atomic E-state index is 0.130. The molecule has 144 valence electrons. The van der Waals surface area contributed by atoms with Crippen LogP contribution in [0.2, 0.25) is 0 Å². The summed E-state index contributed by atoms with van der Waals surface area (Å²) >= 11 is 0. The van der Waals surface area contributed by atoms with Crippen molar-refractivity contribution in [2.45, 2.75) is 12.8 Å². The quantitative estimate of drug-likeness (QED) is 0.519. The Bertz CT molecular complexity index is 814. The fourth-order valence-corrected chi connectivity index (χ4v) is 2.56. The highest BCUT2D eigenvalue weighted by Gasteiger charge is 2.16. The van der Waals surface area contributed by atoms with Crippen molar-refractivity contribution in [1.29, 1.82) is 0 Å². The van der Waals surface area contributed by atoms with Crippen LogP contribution in [-0.4, -0.2) is 40.4 Å². The van der Waals surface area contributed by atoms with Gasteiger partial charge in [0.2, 0.25) is 0 Å². The van der Waals surface area contributed by atoms with Gasteiger partial charge in [-0.05, 0) is 36.2 Å². The van der Waals surface area contributed by atoms with Crippen LogP contribution in [0, 0.1) is 0 Å².